The third-order valence-corrected chi connectivity index (χ3v) is 2.79. The van der Waals surface area contributed by atoms with Gasteiger partial charge in [0.05, 0.1) is 12.2 Å². The summed E-state index contributed by atoms with van der Waals surface area (Å²) in [5.74, 6) is -0.523. The molecule has 1 heterocycles. The first kappa shape index (κ1) is 11.0. The Kier molecular flexibility index (Phi) is 3.48. The van der Waals surface area contributed by atoms with Crippen LogP contribution in [-0.4, -0.2) is 35.1 Å². The predicted molar refractivity (Wildman–Crippen MR) is 51.1 cm³/mol. The van der Waals surface area contributed by atoms with Crippen LogP contribution in [0.5, 0.6) is 0 Å². The largest absolute Gasteiger partial charge is 0.391 e. The van der Waals surface area contributed by atoms with Crippen molar-refractivity contribution in [2.75, 3.05) is 13.1 Å². The first-order valence-corrected chi connectivity index (χ1v) is 4.92. The Morgan fingerprint density at radius 3 is 2.86 bits per heavy atom. The highest BCUT2D eigenvalue weighted by Gasteiger charge is 2.29. The minimum Gasteiger partial charge on any atom is -0.391 e. The lowest BCUT2D eigenvalue weighted by molar-refractivity contribution is -0.137. The highest BCUT2D eigenvalue weighted by molar-refractivity contribution is 5.80. The molecule has 1 fully saturated rings. The van der Waals surface area contributed by atoms with Crippen molar-refractivity contribution in [2.45, 2.75) is 26.4 Å². The summed E-state index contributed by atoms with van der Waals surface area (Å²) in [5, 5.41) is 18.2. The van der Waals surface area contributed by atoms with Gasteiger partial charge in [-0.05, 0) is 19.3 Å². The number of β-amino-alcohol motifs (C(OH)–C–C–N with tert-alkyl or cyclic N) is 1. The normalized spacial score (nSPS) is 29.4. The zero-order valence-electron chi connectivity index (χ0n) is 8.60. The van der Waals surface area contributed by atoms with Crippen LogP contribution in [0, 0.1) is 23.2 Å². The third kappa shape index (κ3) is 2.24. The molecule has 1 N–H and O–H groups in total. The van der Waals surface area contributed by atoms with Crippen LogP contribution in [0.3, 0.4) is 0 Å². The summed E-state index contributed by atoms with van der Waals surface area (Å²) in [6.45, 7) is 4.59. The SMILES string of the molecule is CC(C#N)C(=O)N1CCC(C)C(O)C1. The molecule has 1 aliphatic rings. The standard InChI is InChI=1S/C10H16N2O2/c1-7-3-4-12(6-9(7)13)10(14)8(2)5-11/h7-9,13H,3-4,6H2,1-2H3. The van der Waals surface area contributed by atoms with Crippen molar-refractivity contribution in [1.82, 2.24) is 4.90 Å². The predicted octanol–water partition coefficient (Wildman–Crippen LogP) is 0.375. The van der Waals surface area contributed by atoms with Gasteiger partial charge in [-0.2, -0.15) is 5.26 Å². The fraction of sp³-hybridized carbons (Fsp3) is 0.800. The molecule has 0 saturated carbocycles. The summed E-state index contributed by atoms with van der Waals surface area (Å²) in [6, 6.07) is 1.92. The summed E-state index contributed by atoms with van der Waals surface area (Å²) in [5.41, 5.74) is 0. The number of carbonyl (C=O) groups is 1. The van der Waals surface area contributed by atoms with Gasteiger partial charge >= 0.3 is 0 Å². The van der Waals surface area contributed by atoms with E-state index >= 15 is 0 Å². The number of nitrogens with zero attached hydrogens (tertiary/aromatic N) is 2. The Morgan fingerprint density at radius 1 is 1.71 bits per heavy atom. The van der Waals surface area contributed by atoms with Crippen LogP contribution in [0.25, 0.3) is 0 Å². The number of likely N-dealkylation sites (tertiary alicyclic amines) is 1. The molecular formula is C10H16N2O2. The molecule has 14 heavy (non-hydrogen) atoms. The molecule has 0 aromatic rings. The molecule has 3 unspecified atom stereocenters. The third-order valence-electron chi connectivity index (χ3n) is 2.79. The number of hydrogen-bond donors (Lipinski definition) is 1. The second kappa shape index (κ2) is 4.43. The fourth-order valence-corrected chi connectivity index (χ4v) is 1.58. The Balaban J connectivity index is 2.55. The number of nitriles is 1. The van der Waals surface area contributed by atoms with Gasteiger partial charge in [0.1, 0.15) is 5.92 Å². The van der Waals surface area contributed by atoms with E-state index in [1.165, 1.54) is 0 Å². The zero-order chi connectivity index (χ0) is 10.7. The smallest absolute Gasteiger partial charge is 0.239 e. The maximum Gasteiger partial charge on any atom is 0.239 e. The number of amides is 1. The van der Waals surface area contributed by atoms with Crippen LogP contribution < -0.4 is 0 Å². The lowest BCUT2D eigenvalue weighted by atomic mass is 9.95. The number of rotatable bonds is 1. The van der Waals surface area contributed by atoms with E-state index in [4.69, 9.17) is 5.26 Å². The maximum atomic E-state index is 11.6. The molecule has 0 aliphatic carbocycles. The number of aliphatic hydroxyl groups excluding tert-OH is 1. The first-order valence-electron chi connectivity index (χ1n) is 4.92. The number of aliphatic hydroxyl groups is 1. The highest BCUT2D eigenvalue weighted by Crippen LogP contribution is 2.18. The molecule has 0 aromatic carbocycles. The molecule has 1 amide bonds. The van der Waals surface area contributed by atoms with E-state index in [1.807, 2.05) is 13.0 Å². The van der Waals surface area contributed by atoms with Crippen LogP contribution in [0.1, 0.15) is 20.3 Å². The molecule has 0 aromatic heterocycles. The molecule has 0 bridgehead atoms. The number of hydrogen-bond acceptors (Lipinski definition) is 3. The first-order chi connectivity index (χ1) is 6.56. The van der Waals surface area contributed by atoms with Gasteiger partial charge in [-0.3, -0.25) is 4.79 Å². The lowest BCUT2D eigenvalue weighted by Crippen LogP contribution is -2.47. The van der Waals surface area contributed by atoms with Crippen molar-refractivity contribution < 1.29 is 9.90 Å². The minimum absolute atomic E-state index is 0.168. The Morgan fingerprint density at radius 2 is 2.36 bits per heavy atom. The number of piperidine rings is 1. The summed E-state index contributed by atoms with van der Waals surface area (Å²) in [4.78, 5) is 13.2. The topological polar surface area (TPSA) is 64.3 Å². The van der Waals surface area contributed by atoms with E-state index < -0.39 is 12.0 Å². The quantitative estimate of drug-likeness (QED) is 0.659. The second-order valence-electron chi connectivity index (χ2n) is 3.97. The van der Waals surface area contributed by atoms with Gasteiger partial charge in [0.15, 0.2) is 0 Å². The van der Waals surface area contributed by atoms with Crippen molar-refractivity contribution in [3.05, 3.63) is 0 Å². The van der Waals surface area contributed by atoms with E-state index in [9.17, 15) is 9.90 Å². The summed E-state index contributed by atoms with van der Waals surface area (Å²) >= 11 is 0. The van der Waals surface area contributed by atoms with Gasteiger partial charge < -0.3 is 10.0 Å². The molecule has 4 heteroatoms. The number of carbonyl (C=O) groups excluding carboxylic acids is 1. The average molecular weight is 196 g/mol. The van der Waals surface area contributed by atoms with E-state index in [0.29, 0.717) is 13.1 Å². The second-order valence-corrected chi connectivity index (χ2v) is 3.97. The molecule has 0 spiro atoms. The Labute approximate surface area is 84.1 Å². The highest BCUT2D eigenvalue weighted by atomic mass is 16.3. The molecule has 1 saturated heterocycles. The zero-order valence-corrected chi connectivity index (χ0v) is 8.60. The molecule has 1 rings (SSSR count). The summed E-state index contributed by atoms with van der Waals surface area (Å²) in [6.07, 6.45) is 0.365. The van der Waals surface area contributed by atoms with E-state index in [2.05, 4.69) is 0 Å². The van der Waals surface area contributed by atoms with Crippen molar-refractivity contribution in [3.63, 3.8) is 0 Å². The van der Waals surface area contributed by atoms with Gasteiger partial charge in [-0.1, -0.05) is 6.92 Å². The average Bonchev–Trinajstić information content (AvgIpc) is 2.20. The van der Waals surface area contributed by atoms with Gasteiger partial charge in [0.2, 0.25) is 5.91 Å². The Bertz CT molecular complexity index is 259. The maximum absolute atomic E-state index is 11.6. The minimum atomic E-state index is -0.601. The fourth-order valence-electron chi connectivity index (χ4n) is 1.58. The van der Waals surface area contributed by atoms with Gasteiger partial charge in [-0.25, -0.2) is 0 Å². The summed E-state index contributed by atoms with van der Waals surface area (Å²) in [7, 11) is 0. The van der Waals surface area contributed by atoms with Crippen LogP contribution in [-0.2, 0) is 4.79 Å². The molecule has 0 radical (unpaired) electrons. The van der Waals surface area contributed by atoms with Gasteiger partial charge in [-0.15, -0.1) is 0 Å². The Hall–Kier alpha value is -1.08. The van der Waals surface area contributed by atoms with Crippen molar-refractivity contribution in [3.8, 4) is 6.07 Å². The van der Waals surface area contributed by atoms with Crippen LogP contribution >= 0.6 is 0 Å². The van der Waals surface area contributed by atoms with Crippen LogP contribution in [0.2, 0.25) is 0 Å². The van der Waals surface area contributed by atoms with Crippen LogP contribution in [0.4, 0.5) is 0 Å². The summed E-state index contributed by atoms with van der Waals surface area (Å²) < 4.78 is 0. The van der Waals surface area contributed by atoms with Gasteiger partial charge in [0.25, 0.3) is 0 Å². The van der Waals surface area contributed by atoms with Gasteiger partial charge in [0, 0.05) is 13.1 Å². The molecule has 4 nitrogen and oxygen atoms in total. The van der Waals surface area contributed by atoms with E-state index in [-0.39, 0.29) is 11.8 Å². The van der Waals surface area contributed by atoms with Crippen molar-refractivity contribution >= 4 is 5.91 Å². The molecule has 3 atom stereocenters. The molecule has 1 aliphatic heterocycles. The van der Waals surface area contributed by atoms with Crippen molar-refractivity contribution in [2.24, 2.45) is 11.8 Å². The van der Waals surface area contributed by atoms with E-state index in [0.717, 1.165) is 6.42 Å². The van der Waals surface area contributed by atoms with E-state index in [1.54, 1.807) is 11.8 Å². The lowest BCUT2D eigenvalue weighted by Gasteiger charge is -2.34. The molecule has 78 valence electrons. The molecular weight excluding hydrogens is 180 g/mol. The van der Waals surface area contributed by atoms with Crippen molar-refractivity contribution in [1.29, 1.82) is 5.26 Å². The monoisotopic (exact) mass is 196 g/mol. The van der Waals surface area contributed by atoms with Crippen LogP contribution in [0.15, 0.2) is 0 Å².